The second-order valence-corrected chi connectivity index (χ2v) is 6.05. The van der Waals surface area contributed by atoms with E-state index in [9.17, 15) is 0 Å². The molecular weight excluding hydrogens is 168 g/mol. The van der Waals surface area contributed by atoms with Crippen molar-refractivity contribution in [3.63, 3.8) is 0 Å². The molecule has 0 spiro atoms. The lowest BCUT2D eigenvalue weighted by molar-refractivity contribution is 0.240. The van der Waals surface area contributed by atoms with Crippen LogP contribution in [0.3, 0.4) is 0 Å². The first kappa shape index (κ1) is 14.0. The predicted molar refractivity (Wildman–Crippen MR) is 66.4 cm³/mol. The van der Waals surface area contributed by atoms with Gasteiger partial charge in [-0.05, 0) is 42.4 Å². The molecule has 0 aliphatic carbocycles. The minimum Gasteiger partial charge on any atom is -0.0628 e. The highest BCUT2D eigenvalue weighted by Crippen LogP contribution is 2.28. The van der Waals surface area contributed by atoms with Gasteiger partial charge in [0.1, 0.15) is 0 Å². The highest BCUT2D eigenvalue weighted by Gasteiger charge is 2.18. The van der Waals surface area contributed by atoms with Crippen LogP contribution in [0.5, 0.6) is 0 Å². The summed E-state index contributed by atoms with van der Waals surface area (Å²) in [6.45, 7) is 16.6. The maximum Gasteiger partial charge on any atom is -0.0394 e. The second kappa shape index (κ2) is 6.48. The Morgan fingerprint density at radius 3 is 1.57 bits per heavy atom. The Bertz CT molecular complexity index is 135. The van der Waals surface area contributed by atoms with Crippen LogP contribution in [0.15, 0.2) is 0 Å². The molecule has 0 aliphatic heterocycles. The lowest BCUT2D eigenvalue weighted by atomic mass is 9.79. The van der Waals surface area contributed by atoms with E-state index >= 15 is 0 Å². The van der Waals surface area contributed by atoms with E-state index in [0.29, 0.717) is 0 Å². The molecular formula is C14H30. The van der Waals surface area contributed by atoms with Crippen LogP contribution < -0.4 is 0 Å². The molecule has 0 heterocycles. The molecule has 0 aromatic carbocycles. The van der Waals surface area contributed by atoms with Crippen LogP contribution in [0.1, 0.15) is 61.3 Å². The Balaban J connectivity index is 3.86. The van der Waals surface area contributed by atoms with Crippen LogP contribution >= 0.6 is 0 Å². The fraction of sp³-hybridized carbons (Fsp3) is 1.00. The minimum absolute atomic E-state index is 0.830. The Morgan fingerprint density at radius 1 is 0.714 bits per heavy atom. The van der Waals surface area contributed by atoms with Crippen molar-refractivity contribution in [2.24, 2.45) is 29.6 Å². The van der Waals surface area contributed by atoms with Gasteiger partial charge in [0.25, 0.3) is 0 Å². The standard InChI is InChI=1S/C14H30/c1-10(2)8-12(5)9-13(6)14(7)11(3)4/h10-14H,8-9H2,1-7H3. The smallest absolute Gasteiger partial charge is 0.0394 e. The molecule has 0 aliphatic rings. The summed E-state index contributed by atoms with van der Waals surface area (Å²) in [5.41, 5.74) is 0. The zero-order chi connectivity index (χ0) is 11.3. The van der Waals surface area contributed by atoms with Gasteiger partial charge in [-0.3, -0.25) is 0 Å². The maximum absolute atomic E-state index is 2.42. The van der Waals surface area contributed by atoms with E-state index in [1.807, 2.05) is 0 Å². The normalized spacial score (nSPS) is 18.6. The largest absolute Gasteiger partial charge is 0.0628 e. The molecule has 3 unspecified atom stereocenters. The van der Waals surface area contributed by atoms with Crippen molar-refractivity contribution in [1.29, 1.82) is 0 Å². The van der Waals surface area contributed by atoms with E-state index in [-0.39, 0.29) is 0 Å². The molecule has 0 amide bonds. The van der Waals surface area contributed by atoms with Crippen LogP contribution in [0.4, 0.5) is 0 Å². The van der Waals surface area contributed by atoms with Gasteiger partial charge < -0.3 is 0 Å². The molecule has 0 aromatic heterocycles. The monoisotopic (exact) mass is 198 g/mol. The summed E-state index contributed by atoms with van der Waals surface area (Å²) in [4.78, 5) is 0. The highest BCUT2D eigenvalue weighted by molar-refractivity contribution is 4.68. The Kier molecular flexibility index (Phi) is 6.48. The number of hydrogen-bond acceptors (Lipinski definition) is 0. The molecule has 14 heavy (non-hydrogen) atoms. The summed E-state index contributed by atoms with van der Waals surface area (Å²) < 4.78 is 0. The van der Waals surface area contributed by atoms with E-state index in [4.69, 9.17) is 0 Å². The third-order valence-corrected chi connectivity index (χ3v) is 3.60. The molecule has 0 saturated carbocycles. The second-order valence-electron chi connectivity index (χ2n) is 6.05. The van der Waals surface area contributed by atoms with Gasteiger partial charge in [-0.1, -0.05) is 48.5 Å². The molecule has 0 fully saturated rings. The van der Waals surface area contributed by atoms with Crippen LogP contribution in [-0.4, -0.2) is 0 Å². The Labute approximate surface area is 91.5 Å². The summed E-state index contributed by atoms with van der Waals surface area (Å²) in [6.07, 6.45) is 2.78. The summed E-state index contributed by atoms with van der Waals surface area (Å²) in [6, 6.07) is 0. The van der Waals surface area contributed by atoms with Gasteiger partial charge in [0.2, 0.25) is 0 Å². The summed E-state index contributed by atoms with van der Waals surface area (Å²) in [5.74, 6) is 4.32. The van der Waals surface area contributed by atoms with Crippen LogP contribution in [0.25, 0.3) is 0 Å². The zero-order valence-electron chi connectivity index (χ0n) is 11.3. The average molecular weight is 198 g/mol. The van der Waals surface area contributed by atoms with Crippen LogP contribution in [0.2, 0.25) is 0 Å². The van der Waals surface area contributed by atoms with Gasteiger partial charge >= 0.3 is 0 Å². The summed E-state index contributed by atoms with van der Waals surface area (Å²) in [7, 11) is 0. The first-order valence-corrected chi connectivity index (χ1v) is 6.34. The van der Waals surface area contributed by atoms with E-state index in [1.165, 1.54) is 12.8 Å². The van der Waals surface area contributed by atoms with Crippen LogP contribution in [-0.2, 0) is 0 Å². The number of rotatable bonds is 6. The van der Waals surface area contributed by atoms with Crippen molar-refractivity contribution in [2.45, 2.75) is 61.3 Å². The van der Waals surface area contributed by atoms with Gasteiger partial charge in [-0.2, -0.15) is 0 Å². The van der Waals surface area contributed by atoms with E-state index in [1.54, 1.807) is 0 Å². The summed E-state index contributed by atoms with van der Waals surface area (Å²) in [5, 5.41) is 0. The van der Waals surface area contributed by atoms with Gasteiger partial charge in [0.15, 0.2) is 0 Å². The third-order valence-electron chi connectivity index (χ3n) is 3.60. The van der Waals surface area contributed by atoms with E-state index in [0.717, 1.165) is 29.6 Å². The first-order chi connectivity index (χ1) is 6.34. The Hall–Kier alpha value is 0. The van der Waals surface area contributed by atoms with Gasteiger partial charge in [-0.25, -0.2) is 0 Å². The first-order valence-electron chi connectivity index (χ1n) is 6.34. The molecule has 0 saturated heterocycles. The fourth-order valence-electron chi connectivity index (χ4n) is 2.41. The third kappa shape index (κ3) is 5.67. The minimum atomic E-state index is 0.830. The fourth-order valence-corrected chi connectivity index (χ4v) is 2.41. The van der Waals surface area contributed by atoms with Crippen molar-refractivity contribution in [2.75, 3.05) is 0 Å². The van der Waals surface area contributed by atoms with Crippen molar-refractivity contribution in [3.8, 4) is 0 Å². The lowest BCUT2D eigenvalue weighted by Crippen LogP contribution is -2.17. The topological polar surface area (TPSA) is 0 Å². The van der Waals surface area contributed by atoms with E-state index in [2.05, 4.69) is 48.5 Å². The molecule has 0 nitrogen and oxygen atoms in total. The SMILES string of the molecule is CC(C)CC(C)CC(C)C(C)C(C)C. The predicted octanol–water partition coefficient (Wildman–Crippen LogP) is 4.99. The zero-order valence-corrected chi connectivity index (χ0v) is 11.3. The molecule has 86 valence electrons. The van der Waals surface area contributed by atoms with Crippen molar-refractivity contribution >= 4 is 0 Å². The molecule has 0 rings (SSSR count). The maximum atomic E-state index is 2.42. The van der Waals surface area contributed by atoms with Crippen LogP contribution in [0, 0.1) is 29.6 Å². The molecule has 3 atom stereocenters. The molecule has 0 heteroatoms. The highest BCUT2D eigenvalue weighted by atomic mass is 14.2. The van der Waals surface area contributed by atoms with Crippen molar-refractivity contribution < 1.29 is 0 Å². The Morgan fingerprint density at radius 2 is 1.21 bits per heavy atom. The molecule has 0 bridgehead atoms. The lowest BCUT2D eigenvalue weighted by Gasteiger charge is -2.26. The summed E-state index contributed by atoms with van der Waals surface area (Å²) >= 11 is 0. The quantitative estimate of drug-likeness (QED) is 0.564. The van der Waals surface area contributed by atoms with E-state index < -0.39 is 0 Å². The molecule has 0 radical (unpaired) electrons. The molecule has 0 aromatic rings. The number of hydrogen-bond donors (Lipinski definition) is 0. The average Bonchev–Trinajstić information content (AvgIpc) is 2.00. The van der Waals surface area contributed by atoms with Gasteiger partial charge in [0, 0.05) is 0 Å². The van der Waals surface area contributed by atoms with Crippen molar-refractivity contribution in [1.82, 2.24) is 0 Å². The van der Waals surface area contributed by atoms with Crippen molar-refractivity contribution in [3.05, 3.63) is 0 Å². The molecule has 0 N–H and O–H groups in total. The van der Waals surface area contributed by atoms with Gasteiger partial charge in [-0.15, -0.1) is 0 Å². The van der Waals surface area contributed by atoms with Gasteiger partial charge in [0.05, 0.1) is 0 Å².